The van der Waals surface area contributed by atoms with E-state index in [1.54, 1.807) is 0 Å². The molecule has 0 fully saturated rings. The molecule has 1 unspecified atom stereocenters. The Kier molecular flexibility index (Phi) is 6.06. The monoisotopic (exact) mass is 383 g/mol. The Hall–Kier alpha value is -2.18. The molecule has 0 aliphatic heterocycles. The molecule has 3 rings (SSSR count). The Morgan fingerprint density at radius 3 is 2.65 bits per heavy atom. The van der Waals surface area contributed by atoms with Crippen molar-refractivity contribution in [3.8, 4) is 0 Å². The van der Waals surface area contributed by atoms with Gasteiger partial charge in [0.25, 0.3) is 0 Å². The minimum atomic E-state index is -0.206. The van der Waals surface area contributed by atoms with Crippen LogP contribution >= 0.6 is 23.1 Å². The number of hydrogen-bond donors (Lipinski definition) is 1. The Balaban J connectivity index is 1.63. The van der Waals surface area contributed by atoms with E-state index in [0.29, 0.717) is 0 Å². The van der Waals surface area contributed by atoms with Crippen LogP contribution in [0.1, 0.15) is 35.3 Å². The van der Waals surface area contributed by atoms with Crippen molar-refractivity contribution in [2.45, 2.75) is 36.8 Å². The molecule has 0 saturated heterocycles. The standard InChI is InChI=1S/C20H21N3OS2/c1-4-15-8-10-16(11-9-15)18(24)14(3)25-20-23-22-19(26-20)21-17-7-5-6-13(2)12-17/h5-12,14H,4H2,1-3H3,(H,21,22). The van der Waals surface area contributed by atoms with Gasteiger partial charge in [0, 0.05) is 11.3 Å². The van der Waals surface area contributed by atoms with E-state index in [1.807, 2.05) is 56.3 Å². The Bertz CT molecular complexity index is 890. The van der Waals surface area contributed by atoms with Crippen LogP contribution in [-0.2, 0) is 6.42 Å². The van der Waals surface area contributed by atoms with Gasteiger partial charge in [-0.15, -0.1) is 10.2 Å². The van der Waals surface area contributed by atoms with Gasteiger partial charge < -0.3 is 5.32 Å². The van der Waals surface area contributed by atoms with Crippen molar-refractivity contribution in [2.75, 3.05) is 5.32 Å². The number of rotatable bonds is 7. The van der Waals surface area contributed by atoms with Gasteiger partial charge in [0.05, 0.1) is 5.25 Å². The third-order valence-electron chi connectivity index (χ3n) is 3.97. The minimum Gasteiger partial charge on any atom is -0.330 e. The van der Waals surface area contributed by atoms with Crippen molar-refractivity contribution >= 4 is 39.7 Å². The van der Waals surface area contributed by atoms with Gasteiger partial charge in [-0.25, -0.2) is 0 Å². The van der Waals surface area contributed by atoms with E-state index >= 15 is 0 Å². The van der Waals surface area contributed by atoms with Crippen LogP contribution in [0, 0.1) is 6.92 Å². The molecule has 0 aliphatic carbocycles. The number of anilines is 2. The highest BCUT2D eigenvalue weighted by Crippen LogP contribution is 2.31. The second-order valence-electron chi connectivity index (χ2n) is 6.04. The minimum absolute atomic E-state index is 0.112. The number of carbonyl (C=O) groups is 1. The predicted octanol–water partition coefficient (Wildman–Crippen LogP) is 5.52. The first-order valence-electron chi connectivity index (χ1n) is 8.52. The molecule has 0 radical (unpaired) electrons. The number of Topliss-reactive ketones (excluding diaryl/α,β-unsaturated/α-hetero) is 1. The summed E-state index contributed by atoms with van der Waals surface area (Å²) in [7, 11) is 0. The van der Waals surface area contributed by atoms with Crippen molar-refractivity contribution in [1.29, 1.82) is 0 Å². The maximum Gasteiger partial charge on any atom is 0.210 e. The first-order valence-corrected chi connectivity index (χ1v) is 10.2. The van der Waals surface area contributed by atoms with Crippen LogP contribution < -0.4 is 5.32 Å². The molecule has 0 bridgehead atoms. The summed E-state index contributed by atoms with van der Waals surface area (Å²) in [5.41, 5.74) is 4.14. The molecule has 3 aromatic rings. The number of aromatic nitrogens is 2. The molecule has 6 heteroatoms. The lowest BCUT2D eigenvalue weighted by Crippen LogP contribution is -2.13. The van der Waals surface area contributed by atoms with Gasteiger partial charge in [-0.05, 0) is 43.5 Å². The van der Waals surface area contributed by atoms with Gasteiger partial charge >= 0.3 is 0 Å². The molecule has 4 nitrogen and oxygen atoms in total. The average Bonchev–Trinajstić information content (AvgIpc) is 3.08. The maximum absolute atomic E-state index is 12.6. The van der Waals surface area contributed by atoms with Crippen LogP contribution in [0.4, 0.5) is 10.8 Å². The fraction of sp³-hybridized carbons (Fsp3) is 0.250. The highest BCUT2D eigenvalue weighted by molar-refractivity contribution is 8.02. The molecular formula is C20H21N3OS2. The quantitative estimate of drug-likeness (QED) is 0.430. The van der Waals surface area contributed by atoms with Gasteiger partial charge in [-0.3, -0.25) is 4.79 Å². The van der Waals surface area contributed by atoms with Gasteiger partial charge in [-0.2, -0.15) is 0 Å². The number of thioether (sulfide) groups is 1. The number of benzene rings is 2. The molecule has 0 saturated carbocycles. The van der Waals surface area contributed by atoms with Gasteiger partial charge in [0.2, 0.25) is 5.13 Å². The van der Waals surface area contributed by atoms with E-state index in [-0.39, 0.29) is 11.0 Å². The second-order valence-corrected chi connectivity index (χ2v) is 8.61. The van der Waals surface area contributed by atoms with Crippen LogP contribution in [0.25, 0.3) is 0 Å². The highest BCUT2D eigenvalue weighted by Gasteiger charge is 2.18. The van der Waals surface area contributed by atoms with Crippen molar-refractivity contribution in [2.24, 2.45) is 0 Å². The first kappa shape index (κ1) is 18.6. The lowest BCUT2D eigenvalue weighted by molar-refractivity contribution is 0.0994. The summed E-state index contributed by atoms with van der Waals surface area (Å²) in [5, 5.41) is 12.1. The molecule has 0 aliphatic rings. The molecule has 26 heavy (non-hydrogen) atoms. The number of ketones is 1. The van der Waals surface area contributed by atoms with E-state index < -0.39 is 0 Å². The Morgan fingerprint density at radius 1 is 1.19 bits per heavy atom. The molecule has 1 heterocycles. The molecule has 0 spiro atoms. The van der Waals surface area contributed by atoms with Gasteiger partial charge in [-0.1, -0.05) is 66.4 Å². The molecule has 2 aromatic carbocycles. The molecular weight excluding hydrogens is 362 g/mol. The fourth-order valence-electron chi connectivity index (χ4n) is 2.50. The van der Waals surface area contributed by atoms with Crippen molar-refractivity contribution in [1.82, 2.24) is 10.2 Å². The molecule has 1 N–H and O–H groups in total. The number of hydrogen-bond acceptors (Lipinski definition) is 6. The molecule has 1 aromatic heterocycles. The van der Waals surface area contributed by atoms with E-state index in [1.165, 1.54) is 34.2 Å². The molecule has 0 amide bonds. The normalized spacial score (nSPS) is 12.0. The van der Waals surface area contributed by atoms with Gasteiger partial charge in [0.15, 0.2) is 10.1 Å². The smallest absolute Gasteiger partial charge is 0.210 e. The summed E-state index contributed by atoms with van der Waals surface area (Å²) in [6.45, 7) is 6.07. The van der Waals surface area contributed by atoms with Crippen LogP contribution in [0.3, 0.4) is 0 Å². The summed E-state index contributed by atoms with van der Waals surface area (Å²) < 4.78 is 0.784. The second kappa shape index (κ2) is 8.47. The predicted molar refractivity (Wildman–Crippen MR) is 110 cm³/mol. The topological polar surface area (TPSA) is 54.9 Å². The zero-order chi connectivity index (χ0) is 18.5. The number of nitrogens with one attached hydrogen (secondary N) is 1. The summed E-state index contributed by atoms with van der Waals surface area (Å²) >= 11 is 2.90. The van der Waals surface area contributed by atoms with E-state index in [0.717, 1.165) is 27.1 Å². The summed E-state index contributed by atoms with van der Waals surface area (Å²) in [6.07, 6.45) is 0.972. The lowest BCUT2D eigenvalue weighted by atomic mass is 10.1. The number of carbonyl (C=O) groups excluding carboxylic acids is 1. The van der Waals surface area contributed by atoms with Crippen LogP contribution in [-0.4, -0.2) is 21.2 Å². The van der Waals surface area contributed by atoms with Crippen LogP contribution in [0.15, 0.2) is 52.9 Å². The maximum atomic E-state index is 12.6. The lowest BCUT2D eigenvalue weighted by Gasteiger charge is -2.08. The third-order valence-corrected chi connectivity index (χ3v) is 5.99. The Labute approximate surface area is 162 Å². The number of nitrogens with zero attached hydrogens (tertiary/aromatic N) is 2. The van der Waals surface area contributed by atoms with Crippen molar-refractivity contribution in [3.63, 3.8) is 0 Å². The van der Waals surface area contributed by atoms with Crippen LogP contribution in [0.2, 0.25) is 0 Å². The average molecular weight is 384 g/mol. The highest BCUT2D eigenvalue weighted by atomic mass is 32.2. The Morgan fingerprint density at radius 2 is 1.96 bits per heavy atom. The van der Waals surface area contributed by atoms with E-state index in [9.17, 15) is 4.79 Å². The zero-order valence-corrected chi connectivity index (χ0v) is 16.7. The summed E-state index contributed by atoms with van der Waals surface area (Å²) in [5.74, 6) is 0.112. The number of aryl methyl sites for hydroxylation is 2. The fourth-order valence-corrected chi connectivity index (χ4v) is 4.49. The summed E-state index contributed by atoms with van der Waals surface area (Å²) in [6, 6.07) is 15.9. The van der Waals surface area contributed by atoms with Crippen molar-refractivity contribution in [3.05, 3.63) is 65.2 Å². The zero-order valence-electron chi connectivity index (χ0n) is 15.0. The first-order chi connectivity index (χ1) is 12.5. The third kappa shape index (κ3) is 4.71. The summed E-state index contributed by atoms with van der Waals surface area (Å²) in [4.78, 5) is 12.6. The van der Waals surface area contributed by atoms with E-state index in [4.69, 9.17) is 0 Å². The van der Waals surface area contributed by atoms with Crippen molar-refractivity contribution < 1.29 is 4.79 Å². The van der Waals surface area contributed by atoms with E-state index in [2.05, 4.69) is 28.5 Å². The SMILES string of the molecule is CCc1ccc(C(=O)C(C)Sc2nnc(Nc3cccc(C)c3)s2)cc1. The molecule has 134 valence electrons. The molecule has 1 atom stereocenters. The largest absolute Gasteiger partial charge is 0.330 e. The van der Waals surface area contributed by atoms with Gasteiger partial charge in [0.1, 0.15) is 0 Å². The van der Waals surface area contributed by atoms with Crippen LogP contribution in [0.5, 0.6) is 0 Å².